The van der Waals surface area contributed by atoms with Gasteiger partial charge in [0.25, 0.3) is 5.91 Å². The number of rotatable bonds is 5. The number of nitrogens with zero attached hydrogens (tertiary/aromatic N) is 1. The number of hydrogen-bond acceptors (Lipinski definition) is 4. The second-order valence-electron chi connectivity index (χ2n) is 7.19. The average molecular weight is 401 g/mol. The van der Waals surface area contributed by atoms with Crippen LogP contribution in [0, 0.1) is 0 Å². The van der Waals surface area contributed by atoms with Crippen molar-refractivity contribution in [3.63, 3.8) is 0 Å². The molecule has 5 nitrogen and oxygen atoms in total. The summed E-state index contributed by atoms with van der Waals surface area (Å²) in [6.45, 7) is 1.04. The van der Waals surface area contributed by atoms with E-state index in [1.807, 2.05) is 30.3 Å². The van der Waals surface area contributed by atoms with Gasteiger partial charge in [-0.25, -0.2) is 0 Å². The molecule has 0 unspecified atom stereocenters. The number of hydrogen-bond donors (Lipinski definition) is 0. The first-order valence-corrected chi connectivity index (χ1v) is 9.84. The van der Waals surface area contributed by atoms with Crippen LogP contribution in [0.25, 0.3) is 0 Å². The van der Waals surface area contributed by atoms with Crippen molar-refractivity contribution < 1.29 is 19.1 Å². The molecule has 30 heavy (non-hydrogen) atoms. The highest BCUT2D eigenvalue weighted by atomic mass is 16.5. The third kappa shape index (κ3) is 3.66. The lowest BCUT2D eigenvalue weighted by Gasteiger charge is -2.30. The topological polar surface area (TPSA) is 55.8 Å². The Morgan fingerprint density at radius 1 is 0.800 bits per heavy atom. The number of carbonyl (C=O) groups excluding carboxylic acids is 2. The molecule has 0 bridgehead atoms. The van der Waals surface area contributed by atoms with Gasteiger partial charge in [-0.05, 0) is 35.7 Å². The molecule has 1 amide bonds. The van der Waals surface area contributed by atoms with Crippen LogP contribution in [-0.4, -0.2) is 37.4 Å². The minimum Gasteiger partial charge on any atom is -0.493 e. The van der Waals surface area contributed by atoms with E-state index in [0.29, 0.717) is 41.3 Å². The molecule has 1 aliphatic rings. The van der Waals surface area contributed by atoms with E-state index < -0.39 is 0 Å². The van der Waals surface area contributed by atoms with E-state index in [0.717, 1.165) is 17.5 Å². The second-order valence-corrected chi connectivity index (χ2v) is 7.19. The number of methoxy groups -OCH3 is 2. The summed E-state index contributed by atoms with van der Waals surface area (Å²) in [5.74, 6) is 1.04. The number of carbonyl (C=O) groups is 2. The van der Waals surface area contributed by atoms with E-state index in [2.05, 4.69) is 0 Å². The molecule has 0 aromatic heterocycles. The zero-order valence-electron chi connectivity index (χ0n) is 17.1. The van der Waals surface area contributed by atoms with Crippen LogP contribution < -0.4 is 9.47 Å². The van der Waals surface area contributed by atoms with Crippen LogP contribution in [0.5, 0.6) is 11.5 Å². The summed E-state index contributed by atoms with van der Waals surface area (Å²) in [6.07, 6.45) is 0.718. The van der Waals surface area contributed by atoms with Crippen LogP contribution in [-0.2, 0) is 13.0 Å². The fraction of sp³-hybridized carbons (Fsp3) is 0.200. The van der Waals surface area contributed by atoms with Crippen LogP contribution in [0.3, 0.4) is 0 Å². The van der Waals surface area contributed by atoms with Gasteiger partial charge in [-0.1, -0.05) is 48.5 Å². The molecule has 0 spiro atoms. The van der Waals surface area contributed by atoms with E-state index in [4.69, 9.17) is 9.47 Å². The monoisotopic (exact) mass is 401 g/mol. The summed E-state index contributed by atoms with van der Waals surface area (Å²) in [7, 11) is 3.21. The van der Waals surface area contributed by atoms with Crippen LogP contribution in [0.15, 0.2) is 66.7 Å². The van der Waals surface area contributed by atoms with Gasteiger partial charge >= 0.3 is 0 Å². The van der Waals surface area contributed by atoms with Gasteiger partial charge in [0.1, 0.15) is 0 Å². The van der Waals surface area contributed by atoms with Crippen molar-refractivity contribution in [1.29, 1.82) is 0 Å². The first-order valence-electron chi connectivity index (χ1n) is 9.84. The maximum atomic E-state index is 13.4. The molecule has 1 aliphatic heterocycles. The van der Waals surface area contributed by atoms with E-state index in [1.54, 1.807) is 55.5 Å². The molecule has 5 heteroatoms. The Bertz CT molecular complexity index is 1090. The molecule has 152 valence electrons. The Kier molecular flexibility index (Phi) is 5.53. The summed E-state index contributed by atoms with van der Waals surface area (Å²) in [5.41, 5.74) is 3.59. The SMILES string of the molecule is COc1cc2c(cc1OC)CN(C(=O)c1ccccc1C(=O)c1ccccc1)CC2. The molecule has 0 saturated carbocycles. The van der Waals surface area contributed by atoms with E-state index in [1.165, 1.54) is 0 Å². The first kappa shape index (κ1) is 19.7. The molecule has 0 fully saturated rings. The summed E-state index contributed by atoms with van der Waals surface area (Å²) in [6, 6.07) is 20.0. The van der Waals surface area contributed by atoms with E-state index in [9.17, 15) is 9.59 Å². The first-order chi connectivity index (χ1) is 14.6. The number of benzene rings is 3. The molecule has 3 aromatic carbocycles. The lowest BCUT2D eigenvalue weighted by Crippen LogP contribution is -2.36. The van der Waals surface area contributed by atoms with Gasteiger partial charge in [0.2, 0.25) is 0 Å². The van der Waals surface area contributed by atoms with Gasteiger partial charge < -0.3 is 14.4 Å². The Labute approximate surface area is 175 Å². The van der Waals surface area contributed by atoms with Crippen molar-refractivity contribution in [2.75, 3.05) is 20.8 Å². The molecule has 3 aromatic rings. The summed E-state index contributed by atoms with van der Waals surface area (Å²) in [4.78, 5) is 28.2. The van der Waals surface area contributed by atoms with E-state index in [-0.39, 0.29) is 11.7 Å². The van der Waals surface area contributed by atoms with E-state index >= 15 is 0 Å². The van der Waals surface area contributed by atoms with Crippen molar-refractivity contribution in [3.05, 3.63) is 94.5 Å². The lowest BCUT2D eigenvalue weighted by atomic mass is 9.95. The normalized spacial score (nSPS) is 12.8. The zero-order valence-corrected chi connectivity index (χ0v) is 17.1. The molecular weight excluding hydrogens is 378 g/mol. The maximum Gasteiger partial charge on any atom is 0.254 e. The Hall–Kier alpha value is -3.60. The van der Waals surface area contributed by atoms with Gasteiger partial charge in [0.15, 0.2) is 17.3 Å². The second kappa shape index (κ2) is 8.41. The highest BCUT2D eigenvalue weighted by molar-refractivity contribution is 6.15. The van der Waals surface area contributed by atoms with Crippen LogP contribution >= 0.6 is 0 Å². The molecule has 0 saturated heterocycles. The minimum absolute atomic E-state index is 0.143. The van der Waals surface area contributed by atoms with Gasteiger partial charge in [0, 0.05) is 24.2 Å². The Balaban J connectivity index is 1.63. The standard InChI is InChI=1S/C25H23NO4/c1-29-22-14-18-12-13-26(16-19(18)15-23(22)30-2)25(28)21-11-7-6-10-20(21)24(27)17-8-4-3-5-9-17/h3-11,14-15H,12-13,16H2,1-2H3. The minimum atomic E-state index is -0.150. The predicted molar refractivity (Wildman–Crippen MR) is 114 cm³/mol. The van der Waals surface area contributed by atoms with Crippen molar-refractivity contribution in [2.24, 2.45) is 0 Å². The molecule has 4 rings (SSSR count). The lowest BCUT2D eigenvalue weighted by molar-refractivity contribution is 0.0730. The quantitative estimate of drug-likeness (QED) is 0.603. The number of ether oxygens (including phenoxy) is 2. The van der Waals surface area contributed by atoms with Gasteiger partial charge in [-0.2, -0.15) is 0 Å². The molecule has 0 aliphatic carbocycles. The highest BCUT2D eigenvalue weighted by Crippen LogP contribution is 2.33. The third-order valence-corrected chi connectivity index (χ3v) is 5.44. The fourth-order valence-electron chi connectivity index (χ4n) is 3.84. The van der Waals surface area contributed by atoms with Crippen LogP contribution in [0.4, 0.5) is 0 Å². The van der Waals surface area contributed by atoms with Crippen molar-refractivity contribution in [3.8, 4) is 11.5 Å². The molecule has 0 radical (unpaired) electrons. The zero-order chi connectivity index (χ0) is 21.1. The van der Waals surface area contributed by atoms with Gasteiger partial charge in [0.05, 0.1) is 19.8 Å². The number of ketones is 1. The van der Waals surface area contributed by atoms with Crippen molar-refractivity contribution in [1.82, 2.24) is 4.90 Å². The van der Waals surface area contributed by atoms with Crippen LogP contribution in [0.1, 0.15) is 37.4 Å². The summed E-state index contributed by atoms with van der Waals surface area (Å²) >= 11 is 0. The molecular formula is C25H23NO4. The Morgan fingerprint density at radius 3 is 2.07 bits per heavy atom. The summed E-state index contributed by atoms with van der Waals surface area (Å²) < 4.78 is 10.8. The smallest absolute Gasteiger partial charge is 0.254 e. The van der Waals surface area contributed by atoms with Crippen molar-refractivity contribution in [2.45, 2.75) is 13.0 Å². The van der Waals surface area contributed by atoms with Crippen molar-refractivity contribution >= 4 is 11.7 Å². The van der Waals surface area contributed by atoms with Gasteiger partial charge in [-0.15, -0.1) is 0 Å². The number of amides is 1. The van der Waals surface area contributed by atoms with Crippen LogP contribution in [0.2, 0.25) is 0 Å². The number of fused-ring (bicyclic) bond motifs is 1. The molecule has 1 heterocycles. The Morgan fingerprint density at radius 2 is 1.40 bits per heavy atom. The maximum absolute atomic E-state index is 13.4. The molecule has 0 atom stereocenters. The fourth-order valence-corrected chi connectivity index (χ4v) is 3.84. The summed E-state index contributed by atoms with van der Waals surface area (Å²) in [5, 5.41) is 0. The third-order valence-electron chi connectivity index (χ3n) is 5.44. The average Bonchev–Trinajstić information content (AvgIpc) is 2.82. The highest BCUT2D eigenvalue weighted by Gasteiger charge is 2.26. The predicted octanol–water partition coefficient (Wildman–Crippen LogP) is 4.13. The van der Waals surface area contributed by atoms with Gasteiger partial charge in [-0.3, -0.25) is 9.59 Å². The largest absolute Gasteiger partial charge is 0.493 e. The molecule has 0 N–H and O–H groups in total.